The first-order chi connectivity index (χ1) is 20.8. The number of nitrogens with one attached hydrogen (secondary N) is 1. The molecule has 1 saturated carbocycles. The second-order valence-electron chi connectivity index (χ2n) is 11.6. The van der Waals surface area contributed by atoms with Crippen LogP contribution in [0, 0.1) is 5.92 Å². The summed E-state index contributed by atoms with van der Waals surface area (Å²) in [6.07, 6.45) is 6.62. The third kappa shape index (κ3) is 7.34. The fourth-order valence-electron chi connectivity index (χ4n) is 6.27. The van der Waals surface area contributed by atoms with E-state index >= 15 is 0 Å². The summed E-state index contributed by atoms with van der Waals surface area (Å²) >= 11 is 1.51. The van der Waals surface area contributed by atoms with Crippen LogP contribution < -0.4 is 5.32 Å². The van der Waals surface area contributed by atoms with E-state index in [4.69, 9.17) is 4.74 Å². The number of hydrogen-bond acceptors (Lipinski definition) is 9. The number of thiazole rings is 1. The molecule has 3 unspecified atom stereocenters. The number of piperazine rings is 1. The van der Waals surface area contributed by atoms with Gasteiger partial charge in [0.1, 0.15) is 12.0 Å². The fraction of sp³-hybridized carbons (Fsp3) is 0.469. The molecule has 2 aromatic carbocycles. The van der Waals surface area contributed by atoms with Crippen LogP contribution >= 0.6 is 11.3 Å². The summed E-state index contributed by atoms with van der Waals surface area (Å²) in [5, 5.41) is 2.33. The van der Waals surface area contributed by atoms with E-state index in [1.165, 1.54) is 17.4 Å². The Kier molecular flexibility index (Phi) is 10.3. The van der Waals surface area contributed by atoms with Gasteiger partial charge in [0.25, 0.3) is 6.47 Å². The minimum Gasteiger partial charge on any atom is -0.465 e. The summed E-state index contributed by atoms with van der Waals surface area (Å²) in [5.74, 6) is -0.230. The SMILES string of the molecule is C=CC(N1CCN(C)CC1)S(=O)(=O)c1ccc(C(CC2CCCC2)C(=O)NC(COC=O)c2ccc3ncsc3c2)cc1. The van der Waals surface area contributed by atoms with Crippen LogP contribution in [0.15, 0.2) is 65.5 Å². The first kappa shape index (κ1) is 31.3. The molecule has 0 radical (unpaired) electrons. The van der Waals surface area contributed by atoms with Gasteiger partial charge < -0.3 is 15.0 Å². The zero-order valence-corrected chi connectivity index (χ0v) is 26.2. The predicted octanol–water partition coefficient (Wildman–Crippen LogP) is 4.52. The van der Waals surface area contributed by atoms with E-state index in [0.29, 0.717) is 31.9 Å². The number of aromatic nitrogens is 1. The standard InChI is InChI=1S/C32H40N4O5S2/c1-3-31(36-16-14-35(2)15-17-36)43(39,40)26-11-8-24(9-12-26)27(18-23-6-4-5-7-23)32(38)34-29(20-41-22-37)25-10-13-28-30(19-25)42-21-33-28/h3,8-13,19,21-23,27,29,31H,1,4-7,14-18,20H2,2H3,(H,34,38). The van der Waals surface area contributed by atoms with Crippen molar-refractivity contribution in [2.45, 2.75) is 54.3 Å². The molecule has 2 aliphatic rings. The molecule has 3 aromatic rings. The van der Waals surface area contributed by atoms with Crippen LogP contribution in [0.1, 0.15) is 55.2 Å². The number of amides is 1. The minimum atomic E-state index is -3.70. The molecule has 5 rings (SSSR count). The molecule has 0 bridgehead atoms. The Balaban J connectivity index is 1.38. The smallest absolute Gasteiger partial charge is 0.293 e. The summed E-state index contributed by atoms with van der Waals surface area (Å²) in [4.78, 5) is 33.7. The lowest BCUT2D eigenvalue weighted by Gasteiger charge is -2.36. The van der Waals surface area contributed by atoms with Gasteiger partial charge in [-0.1, -0.05) is 50.0 Å². The van der Waals surface area contributed by atoms with E-state index in [1.54, 1.807) is 29.8 Å². The van der Waals surface area contributed by atoms with E-state index in [-0.39, 0.29) is 17.4 Å². The third-order valence-electron chi connectivity index (χ3n) is 8.79. The van der Waals surface area contributed by atoms with Crippen molar-refractivity contribution in [2.75, 3.05) is 39.8 Å². The number of fused-ring (bicyclic) bond motifs is 1. The third-order valence-corrected chi connectivity index (χ3v) is 11.6. The van der Waals surface area contributed by atoms with Crippen molar-refractivity contribution in [3.63, 3.8) is 0 Å². The predicted molar refractivity (Wildman–Crippen MR) is 169 cm³/mol. The summed E-state index contributed by atoms with van der Waals surface area (Å²) in [5.41, 5.74) is 4.24. The zero-order chi connectivity index (χ0) is 30.4. The number of likely N-dealkylation sites (N-methyl/N-ethyl adjacent to an activating group) is 1. The van der Waals surface area contributed by atoms with Crippen molar-refractivity contribution < 1.29 is 22.7 Å². The van der Waals surface area contributed by atoms with E-state index in [1.807, 2.05) is 30.1 Å². The number of carbonyl (C=O) groups excluding carboxylic acids is 2. The van der Waals surface area contributed by atoms with Crippen molar-refractivity contribution in [1.29, 1.82) is 0 Å². The molecule has 1 saturated heterocycles. The largest absolute Gasteiger partial charge is 0.465 e. The first-order valence-corrected chi connectivity index (χ1v) is 17.3. The molecule has 1 N–H and O–H groups in total. The van der Waals surface area contributed by atoms with Crippen molar-refractivity contribution in [3.05, 3.63) is 71.8 Å². The highest BCUT2D eigenvalue weighted by molar-refractivity contribution is 7.92. The normalized spacial score (nSPS) is 19.1. The van der Waals surface area contributed by atoms with Gasteiger partial charge in [-0.15, -0.1) is 17.9 Å². The minimum absolute atomic E-state index is 0.00210. The molecular formula is C32H40N4O5S2. The molecule has 2 fully saturated rings. The Bertz CT molecular complexity index is 1510. The topological polar surface area (TPSA) is 109 Å². The second-order valence-corrected chi connectivity index (χ2v) is 14.5. The number of carbonyl (C=O) groups is 2. The molecule has 2 heterocycles. The summed E-state index contributed by atoms with van der Waals surface area (Å²) in [6, 6.07) is 12.0. The Morgan fingerprint density at radius 2 is 1.81 bits per heavy atom. The lowest BCUT2D eigenvalue weighted by molar-refractivity contribution is -0.131. The van der Waals surface area contributed by atoms with Gasteiger partial charge in [0.2, 0.25) is 5.91 Å². The van der Waals surface area contributed by atoms with Crippen LogP contribution in [0.3, 0.4) is 0 Å². The highest BCUT2D eigenvalue weighted by Crippen LogP contribution is 2.35. The Morgan fingerprint density at radius 1 is 1.12 bits per heavy atom. The van der Waals surface area contributed by atoms with Gasteiger partial charge in [0.05, 0.1) is 32.6 Å². The van der Waals surface area contributed by atoms with Gasteiger partial charge in [0.15, 0.2) is 9.84 Å². The van der Waals surface area contributed by atoms with E-state index in [9.17, 15) is 18.0 Å². The molecule has 1 aromatic heterocycles. The number of nitrogens with zero attached hydrogens (tertiary/aromatic N) is 3. The maximum absolute atomic E-state index is 14.0. The number of hydrogen-bond donors (Lipinski definition) is 1. The molecule has 11 heteroatoms. The van der Waals surface area contributed by atoms with Gasteiger partial charge in [-0.3, -0.25) is 14.5 Å². The lowest BCUT2D eigenvalue weighted by atomic mass is 9.87. The fourth-order valence-corrected chi connectivity index (χ4v) is 8.65. The van der Waals surface area contributed by atoms with Crippen molar-refractivity contribution >= 4 is 43.8 Å². The van der Waals surface area contributed by atoms with E-state index < -0.39 is 27.2 Å². The second kappa shape index (κ2) is 14.1. The van der Waals surface area contributed by atoms with Crippen molar-refractivity contribution in [1.82, 2.24) is 20.1 Å². The van der Waals surface area contributed by atoms with Crippen LogP contribution in [-0.2, 0) is 24.2 Å². The maximum Gasteiger partial charge on any atom is 0.293 e. The Hall–Kier alpha value is -3.12. The Morgan fingerprint density at radius 3 is 2.49 bits per heavy atom. The molecule has 9 nitrogen and oxygen atoms in total. The molecule has 43 heavy (non-hydrogen) atoms. The molecule has 1 aliphatic heterocycles. The molecule has 1 aliphatic carbocycles. The van der Waals surface area contributed by atoms with Crippen LogP contribution in [-0.4, -0.2) is 80.8 Å². The van der Waals surface area contributed by atoms with Gasteiger partial charge >= 0.3 is 0 Å². The highest BCUT2D eigenvalue weighted by Gasteiger charge is 2.33. The zero-order valence-electron chi connectivity index (χ0n) is 24.6. The first-order valence-electron chi connectivity index (χ1n) is 14.9. The van der Waals surface area contributed by atoms with Gasteiger partial charge in [-0.25, -0.2) is 13.4 Å². The van der Waals surface area contributed by atoms with Crippen LogP contribution in [0.2, 0.25) is 0 Å². The molecule has 1 amide bonds. The van der Waals surface area contributed by atoms with Gasteiger partial charge in [-0.05, 0) is 54.8 Å². The van der Waals surface area contributed by atoms with Crippen LogP contribution in [0.4, 0.5) is 0 Å². The molecule has 3 atom stereocenters. The average Bonchev–Trinajstić information content (AvgIpc) is 3.71. The monoisotopic (exact) mass is 624 g/mol. The van der Waals surface area contributed by atoms with Crippen molar-refractivity contribution in [2.24, 2.45) is 5.92 Å². The quantitative estimate of drug-likeness (QED) is 0.218. The average molecular weight is 625 g/mol. The summed E-state index contributed by atoms with van der Waals surface area (Å²) in [6.45, 7) is 7.13. The molecule has 230 valence electrons. The van der Waals surface area contributed by atoms with E-state index in [0.717, 1.165) is 60.1 Å². The maximum atomic E-state index is 14.0. The molecule has 0 spiro atoms. The lowest BCUT2D eigenvalue weighted by Crippen LogP contribution is -2.50. The summed E-state index contributed by atoms with van der Waals surface area (Å²) < 4.78 is 33.4. The number of sulfone groups is 1. The summed E-state index contributed by atoms with van der Waals surface area (Å²) in [7, 11) is -1.67. The van der Waals surface area contributed by atoms with Crippen LogP contribution in [0.25, 0.3) is 10.2 Å². The Labute approximate surface area is 257 Å². The number of ether oxygens (including phenoxy) is 1. The van der Waals surface area contributed by atoms with Crippen LogP contribution in [0.5, 0.6) is 0 Å². The van der Waals surface area contributed by atoms with Gasteiger partial charge in [0, 0.05) is 26.2 Å². The molecular weight excluding hydrogens is 585 g/mol. The number of rotatable bonds is 13. The number of benzene rings is 2. The van der Waals surface area contributed by atoms with E-state index in [2.05, 4.69) is 21.8 Å². The highest BCUT2D eigenvalue weighted by atomic mass is 32.2. The van der Waals surface area contributed by atoms with Gasteiger partial charge in [-0.2, -0.15) is 0 Å². The van der Waals surface area contributed by atoms with Crippen molar-refractivity contribution in [3.8, 4) is 0 Å².